The van der Waals surface area contributed by atoms with Crippen LogP contribution in [0.1, 0.15) is 76.8 Å². The van der Waals surface area contributed by atoms with Crippen molar-refractivity contribution in [2.24, 2.45) is 5.92 Å². The molecule has 2 saturated heterocycles. The number of carbonyl (C=O) groups excluding carboxylic acids is 2. The predicted octanol–water partition coefficient (Wildman–Crippen LogP) is 6.15. The molecule has 0 saturated carbocycles. The zero-order valence-electron chi connectivity index (χ0n) is 20.1. The molecule has 0 aliphatic carbocycles. The molecule has 2 aromatic carbocycles. The van der Waals surface area contributed by atoms with Crippen molar-refractivity contribution < 1.29 is 18.7 Å². The summed E-state index contributed by atoms with van der Waals surface area (Å²) in [5.74, 6) is 0.894. The maximum atomic E-state index is 13.8. The van der Waals surface area contributed by atoms with Gasteiger partial charge in [0.25, 0.3) is 0 Å². The molecular formula is C28H35FN2O3. The van der Waals surface area contributed by atoms with E-state index in [-0.39, 0.29) is 35.6 Å². The van der Waals surface area contributed by atoms with Gasteiger partial charge < -0.3 is 15.0 Å². The van der Waals surface area contributed by atoms with E-state index in [0.717, 1.165) is 50.5 Å². The van der Waals surface area contributed by atoms with Gasteiger partial charge in [0.2, 0.25) is 11.8 Å². The van der Waals surface area contributed by atoms with Crippen LogP contribution >= 0.6 is 0 Å². The number of rotatable bonds is 7. The molecule has 182 valence electrons. The first-order chi connectivity index (χ1) is 16.5. The van der Waals surface area contributed by atoms with E-state index < -0.39 is 6.04 Å². The van der Waals surface area contributed by atoms with Gasteiger partial charge in [-0.25, -0.2) is 4.39 Å². The standard InChI is InChI=1S/C28H35FN2O3/c1-3-19(4-2)27(32)30-25-11-6-5-9-22-14-17-26(31(22)28(25)33)20-8-7-10-24(18-20)34-23-15-12-21(29)13-16-23/h7-8,10,12-13,15-16,18-19,22,25-26H,3-6,9,11,14,17H2,1-2H3,(H,30,32)/t22-,25-,26-/m0/s1. The Labute approximate surface area is 201 Å². The van der Waals surface area contributed by atoms with Gasteiger partial charge in [-0.3, -0.25) is 9.59 Å². The quantitative estimate of drug-likeness (QED) is 0.533. The van der Waals surface area contributed by atoms with Gasteiger partial charge in [0.1, 0.15) is 23.4 Å². The van der Waals surface area contributed by atoms with Crippen LogP contribution in [0.25, 0.3) is 0 Å². The molecule has 0 spiro atoms. The van der Waals surface area contributed by atoms with Crippen molar-refractivity contribution in [3.05, 3.63) is 59.9 Å². The molecule has 5 nitrogen and oxygen atoms in total. The van der Waals surface area contributed by atoms with Crippen LogP contribution in [-0.2, 0) is 9.59 Å². The Morgan fingerprint density at radius 1 is 1.03 bits per heavy atom. The number of carbonyl (C=O) groups is 2. The van der Waals surface area contributed by atoms with Gasteiger partial charge in [0, 0.05) is 12.0 Å². The fourth-order valence-electron chi connectivity index (χ4n) is 5.37. The molecule has 0 aromatic heterocycles. The molecule has 4 rings (SSSR count). The maximum absolute atomic E-state index is 13.8. The lowest BCUT2D eigenvalue weighted by Crippen LogP contribution is -2.52. The molecule has 2 aromatic rings. The van der Waals surface area contributed by atoms with E-state index in [0.29, 0.717) is 17.9 Å². The number of fused-ring (bicyclic) bond motifs is 1. The van der Waals surface area contributed by atoms with Gasteiger partial charge in [-0.05, 0) is 80.5 Å². The average Bonchev–Trinajstić information content (AvgIpc) is 3.25. The summed E-state index contributed by atoms with van der Waals surface area (Å²) in [7, 11) is 0. The Morgan fingerprint density at radius 2 is 1.76 bits per heavy atom. The molecular weight excluding hydrogens is 431 g/mol. The van der Waals surface area contributed by atoms with Gasteiger partial charge in [-0.2, -0.15) is 0 Å². The maximum Gasteiger partial charge on any atom is 0.245 e. The molecule has 2 fully saturated rings. The fourth-order valence-corrected chi connectivity index (χ4v) is 5.37. The topological polar surface area (TPSA) is 58.6 Å². The van der Waals surface area contributed by atoms with Gasteiger partial charge in [0.05, 0.1) is 6.04 Å². The summed E-state index contributed by atoms with van der Waals surface area (Å²) in [6.45, 7) is 4.03. The van der Waals surface area contributed by atoms with Crippen LogP contribution in [0.15, 0.2) is 48.5 Å². The summed E-state index contributed by atoms with van der Waals surface area (Å²) in [6.07, 6.45) is 7.12. The number of nitrogens with one attached hydrogen (secondary N) is 1. The van der Waals surface area contributed by atoms with Crippen LogP contribution in [0.3, 0.4) is 0 Å². The van der Waals surface area contributed by atoms with Crippen LogP contribution < -0.4 is 10.1 Å². The minimum Gasteiger partial charge on any atom is -0.457 e. The lowest BCUT2D eigenvalue weighted by molar-refractivity contribution is -0.141. The summed E-state index contributed by atoms with van der Waals surface area (Å²) >= 11 is 0. The highest BCUT2D eigenvalue weighted by atomic mass is 19.1. The van der Waals surface area contributed by atoms with E-state index >= 15 is 0 Å². The monoisotopic (exact) mass is 466 g/mol. The van der Waals surface area contributed by atoms with Crippen molar-refractivity contribution in [3.8, 4) is 11.5 Å². The van der Waals surface area contributed by atoms with Gasteiger partial charge in [-0.1, -0.05) is 38.8 Å². The first-order valence-corrected chi connectivity index (χ1v) is 12.7. The summed E-state index contributed by atoms with van der Waals surface area (Å²) in [5.41, 5.74) is 1.03. The van der Waals surface area contributed by atoms with Crippen molar-refractivity contribution >= 4 is 11.8 Å². The van der Waals surface area contributed by atoms with Crippen molar-refractivity contribution in [1.29, 1.82) is 0 Å². The predicted molar refractivity (Wildman–Crippen MR) is 130 cm³/mol. The van der Waals surface area contributed by atoms with Gasteiger partial charge in [-0.15, -0.1) is 0 Å². The number of halogens is 1. The highest BCUT2D eigenvalue weighted by Gasteiger charge is 2.41. The molecule has 34 heavy (non-hydrogen) atoms. The van der Waals surface area contributed by atoms with Crippen LogP contribution in [0.4, 0.5) is 4.39 Å². The lowest BCUT2D eigenvalue weighted by Gasteiger charge is -2.36. The third kappa shape index (κ3) is 5.43. The van der Waals surface area contributed by atoms with Crippen molar-refractivity contribution in [2.45, 2.75) is 83.3 Å². The molecule has 6 heteroatoms. The average molecular weight is 467 g/mol. The molecule has 2 heterocycles. The normalized spacial score (nSPS) is 22.8. The van der Waals surface area contributed by atoms with E-state index in [1.165, 1.54) is 12.1 Å². The van der Waals surface area contributed by atoms with Gasteiger partial charge >= 0.3 is 0 Å². The molecule has 0 radical (unpaired) electrons. The Morgan fingerprint density at radius 3 is 2.50 bits per heavy atom. The minimum absolute atomic E-state index is 0.00841. The van der Waals surface area contributed by atoms with E-state index in [2.05, 4.69) is 5.32 Å². The van der Waals surface area contributed by atoms with Crippen LogP contribution in [0, 0.1) is 11.7 Å². The molecule has 2 amide bonds. The van der Waals surface area contributed by atoms with Crippen LogP contribution in [-0.4, -0.2) is 28.8 Å². The zero-order chi connectivity index (χ0) is 24.1. The highest BCUT2D eigenvalue weighted by Crippen LogP contribution is 2.41. The Balaban J connectivity index is 1.54. The van der Waals surface area contributed by atoms with Crippen molar-refractivity contribution in [1.82, 2.24) is 10.2 Å². The smallest absolute Gasteiger partial charge is 0.245 e. The van der Waals surface area contributed by atoms with E-state index in [4.69, 9.17) is 4.74 Å². The molecule has 2 aliphatic rings. The number of benzene rings is 2. The minimum atomic E-state index is -0.463. The van der Waals surface area contributed by atoms with Gasteiger partial charge in [0.15, 0.2) is 0 Å². The van der Waals surface area contributed by atoms with Crippen molar-refractivity contribution in [2.75, 3.05) is 0 Å². The summed E-state index contributed by atoms with van der Waals surface area (Å²) in [6, 6.07) is 13.4. The Hall–Kier alpha value is -2.89. The van der Waals surface area contributed by atoms with E-state index in [1.807, 2.05) is 43.0 Å². The Kier molecular flexibility index (Phi) is 7.86. The van der Waals surface area contributed by atoms with Crippen LogP contribution in [0.5, 0.6) is 11.5 Å². The molecule has 0 bridgehead atoms. The number of hydrogen-bond acceptors (Lipinski definition) is 3. The zero-order valence-corrected chi connectivity index (χ0v) is 20.1. The Bertz CT molecular complexity index is 989. The number of nitrogens with zero attached hydrogens (tertiary/aromatic N) is 1. The van der Waals surface area contributed by atoms with E-state index in [9.17, 15) is 14.0 Å². The number of ether oxygens (including phenoxy) is 1. The second-order valence-electron chi connectivity index (χ2n) is 9.48. The third-order valence-corrected chi connectivity index (χ3v) is 7.30. The molecule has 3 atom stereocenters. The fraction of sp³-hybridized carbons (Fsp3) is 0.500. The summed E-state index contributed by atoms with van der Waals surface area (Å²) < 4.78 is 19.2. The lowest BCUT2D eigenvalue weighted by atomic mass is 9.97. The van der Waals surface area contributed by atoms with E-state index in [1.54, 1.807) is 12.1 Å². The first kappa shape index (κ1) is 24.2. The SMILES string of the molecule is CCC(CC)C(=O)N[C@H]1CCCC[C@H]2CC[C@@H](c3cccc(Oc4ccc(F)cc4)c3)N2C1=O. The number of amides is 2. The largest absolute Gasteiger partial charge is 0.457 e. The molecule has 1 N–H and O–H groups in total. The summed E-state index contributed by atoms with van der Waals surface area (Å²) in [4.78, 5) is 28.6. The second kappa shape index (κ2) is 11.0. The van der Waals surface area contributed by atoms with Crippen LogP contribution in [0.2, 0.25) is 0 Å². The second-order valence-corrected chi connectivity index (χ2v) is 9.48. The first-order valence-electron chi connectivity index (χ1n) is 12.7. The third-order valence-electron chi connectivity index (χ3n) is 7.30. The van der Waals surface area contributed by atoms with Crippen molar-refractivity contribution in [3.63, 3.8) is 0 Å². The summed E-state index contributed by atoms with van der Waals surface area (Å²) in [5, 5.41) is 3.09. The highest BCUT2D eigenvalue weighted by molar-refractivity contribution is 5.89. The molecule has 2 aliphatic heterocycles. The molecule has 0 unspecified atom stereocenters. The number of hydrogen-bond donors (Lipinski definition) is 1.